The largest absolute Gasteiger partial charge is 0.458 e. The monoisotopic (exact) mass is 565 g/mol. The van der Waals surface area contributed by atoms with E-state index >= 15 is 0 Å². The van der Waals surface area contributed by atoms with E-state index in [1.165, 1.54) is 77.0 Å². The molecular weight excluding hydrogens is 496 g/mol. The standard InChI is InChI=1S/C35H68N2O3/c1-28(2)32-21-20-30(4)25-33(32)34(38)26-36(5,6)22-15-13-11-9-10-12-14-16-23-37(7,8)27-35(39)40-31-19-17-18-29(3)24-31/h28-33H,9-27H2,1-8H3/q+2/t29-,30+,31-,32-,33-/m1/s1. The lowest BCUT2D eigenvalue weighted by atomic mass is 9.68. The van der Waals surface area contributed by atoms with Gasteiger partial charge in [-0.05, 0) is 81.5 Å². The quantitative estimate of drug-likeness (QED) is 0.0975. The smallest absolute Gasteiger partial charge is 0.362 e. The van der Waals surface area contributed by atoms with Crippen molar-refractivity contribution in [2.45, 2.75) is 130 Å². The minimum atomic E-state index is -0.0152. The van der Waals surface area contributed by atoms with Crippen LogP contribution in [0.25, 0.3) is 0 Å². The second-order valence-corrected chi connectivity index (χ2v) is 15.7. The van der Waals surface area contributed by atoms with Crippen molar-refractivity contribution >= 4 is 11.8 Å². The number of likely N-dealkylation sites (N-methyl/N-ethyl adjacent to an activating group) is 2. The van der Waals surface area contributed by atoms with E-state index in [0.29, 0.717) is 42.5 Å². The summed E-state index contributed by atoms with van der Waals surface area (Å²) in [4.78, 5) is 25.8. The molecule has 0 saturated heterocycles. The third kappa shape index (κ3) is 13.8. The Labute approximate surface area is 249 Å². The summed E-state index contributed by atoms with van der Waals surface area (Å²) in [6.07, 6.45) is 18.4. The summed E-state index contributed by atoms with van der Waals surface area (Å²) in [5, 5.41) is 0. The Hall–Kier alpha value is -0.940. The number of rotatable bonds is 18. The summed E-state index contributed by atoms with van der Waals surface area (Å²) in [5.74, 6) is 3.37. The van der Waals surface area contributed by atoms with Crippen molar-refractivity contribution in [2.75, 3.05) is 54.4 Å². The van der Waals surface area contributed by atoms with E-state index < -0.39 is 0 Å². The number of esters is 1. The van der Waals surface area contributed by atoms with Gasteiger partial charge < -0.3 is 13.7 Å². The minimum absolute atomic E-state index is 0.0152. The van der Waals surface area contributed by atoms with Crippen molar-refractivity contribution in [3.63, 3.8) is 0 Å². The van der Waals surface area contributed by atoms with Gasteiger partial charge in [0.05, 0.1) is 41.3 Å². The van der Waals surface area contributed by atoms with Crippen LogP contribution < -0.4 is 0 Å². The average Bonchev–Trinajstić information content (AvgIpc) is 2.84. The van der Waals surface area contributed by atoms with Crippen molar-refractivity contribution < 1.29 is 23.3 Å². The van der Waals surface area contributed by atoms with Crippen LogP contribution in [0.4, 0.5) is 0 Å². The molecule has 0 spiro atoms. The molecule has 2 rings (SSSR count). The first kappa shape index (κ1) is 35.3. The Morgan fingerprint density at radius 2 is 1.23 bits per heavy atom. The topological polar surface area (TPSA) is 43.4 Å². The van der Waals surface area contributed by atoms with Crippen molar-refractivity contribution in [3.05, 3.63) is 0 Å². The molecule has 2 aliphatic carbocycles. The molecule has 0 bridgehead atoms. The highest BCUT2D eigenvalue weighted by atomic mass is 16.5. The molecule has 0 aliphatic heterocycles. The number of quaternary nitrogens is 2. The lowest BCUT2D eigenvalue weighted by molar-refractivity contribution is -0.883. The molecule has 5 atom stereocenters. The summed E-state index contributed by atoms with van der Waals surface area (Å²) >= 11 is 0. The first-order valence-electron chi connectivity index (χ1n) is 17.1. The van der Waals surface area contributed by atoms with Gasteiger partial charge in [0, 0.05) is 5.92 Å². The predicted octanol–water partition coefficient (Wildman–Crippen LogP) is 7.66. The van der Waals surface area contributed by atoms with Crippen LogP contribution in [0.5, 0.6) is 0 Å². The van der Waals surface area contributed by atoms with Crippen molar-refractivity contribution in [2.24, 2.45) is 29.6 Å². The van der Waals surface area contributed by atoms with Crippen molar-refractivity contribution in [1.29, 1.82) is 0 Å². The Morgan fingerprint density at radius 1 is 0.700 bits per heavy atom. The third-order valence-corrected chi connectivity index (χ3v) is 10.0. The highest BCUT2D eigenvalue weighted by molar-refractivity contribution is 5.82. The first-order chi connectivity index (χ1) is 18.8. The van der Waals surface area contributed by atoms with E-state index in [2.05, 4.69) is 55.9 Å². The molecular formula is C35H68N2O3+2. The van der Waals surface area contributed by atoms with Gasteiger partial charge >= 0.3 is 5.97 Å². The molecule has 40 heavy (non-hydrogen) atoms. The molecule has 2 saturated carbocycles. The van der Waals surface area contributed by atoms with Gasteiger partial charge in [-0.1, -0.05) is 66.2 Å². The number of carbonyl (C=O) groups is 2. The van der Waals surface area contributed by atoms with E-state index in [9.17, 15) is 9.59 Å². The van der Waals surface area contributed by atoms with Crippen LogP contribution in [0.15, 0.2) is 0 Å². The van der Waals surface area contributed by atoms with Gasteiger partial charge in [-0.15, -0.1) is 0 Å². The van der Waals surface area contributed by atoms with Crippen LogP contribution in [0.2, 0.25) is 0 Å². The lowest BCUT2D eigenvalue weighted by Crippen LogP contribution is -2.48. The maximum absolute atomic E-state index is 13.3. The van der Waals surface area contributed by atoms with Crippen molar-refractivity contribution in [3.8, 4) is 0 Å². The van der Waals surface area contributed by atoms with Crippen LogP contribution in [0.1, 0.15) is 124 Å². The van der Waals surface area contributed by atoms with Gasteiger partial charge in [0.1, 0.15) is 12.6 Å². The molecule has 234 valence electrons. The Balaban J connectivity index is 1.51. The van der Waals surface area contributed by atoms with Crippen LogP contribution in [0.3, 0.4) is 0 Å². The number of hydrogen-bond acceptors (Lipinski definition) is 3. The van der Waals surface area contributed by atoms with Crippen LogP contribution in [0, 0.1) is 29.6 Å². The molecule has 5 heteroatoms. The first-order valence-corrected chi connectivity index (χ1v) is 17.1. The third-order valence-electron chi connectivity index (χ3n) is 10.0. The van der Waals surface area contributed by atoms with Crippen LogP contribution in [-0.4, -0.2) is 81.2 Å². The Morgan fingerprint density at radius 3 is 1.77 bits per heavy atom. The van der Waals surface area contributed by atoms with Gasteiger partial charge in [-0.25, -0.2) is 4.79 Å². The number of carbonyl (C=O) groups excluding carboxylic acids is 2. The zero-order chi connectivity index (χ0) is 29.8. The predicted molar refractivity (Wildman–Crippen MR) is 168 cm³/mol. The molecule has 0 aromatic carbocycles. The molecule has 0 aromatic heterocycles. The highest BCUT2D eigenvalue weighted by Crippen LogP contribution is 2.38. The fraction of sp³-hybridized carbons (Fsp3) is 0.943. The minimum Gasteiger partial charge on any atom is -0.458 e. The SMILES string of the molecule is CC(C)[C@H]1CC[C@H](C)C[C@H]1C(=O)C[N+](C)(C)CCCCCCCCCC[N+](C)(C)CC(=O)O[C@@H]1CCC[C@@H](C)C1. The molecule has 2 aliphatic rings. The van der Waals surface area contributed by atoms with E-state index in [4.69, 9.17) is 4.74 Å². The molecule has 0 radical (unpaired) electrons. The number of ether oxygens (including phenoxy) is 1. The molecule has 0 amide bonds. The van der Waals surface area contributed by atoms with E-state index in [1.54, 1.807) is 0 Å². The van der Waals surface area contributed by atoms with E-state index in [-0.39, 0.29) is 18.0 Å². The molecule has 0 heterocycles. The van der Waals surface area contributed by atoms with Crippen molar-refractivity contribution in [1.82, 2.24) is 0 Å². The second kappa shape index (κ2) is 17.2. The summed E-state index contributed by atoms with van der Waals surface area (Å²) in [6, 6.07) is 0. The Bertz CT molecular complexity index is 747. The van der Waals surface area contributed by atoms with E-state index in [1.807, 2.05) is 0 Å². The fourth-order valence-electron chi connectivity index (χ4n) is 7.47. The van der Waals surface area contributed by atoms with Gasteiger partial charge in [0.15, 0.2) is 12.3 Å². The fourth-order valence-corrected chi connectivity index (χ4v) is 7.47. The Kier molecular flexibility index (Phi) is 15.2. The van der Waals surface area contributed by atoms with Gasteiger partial charge in [-0.2, -0.15) is 0 Å². The zero-order valence-corrected chi connectivity index (χ0v) is 28.0. The summed E-state index contributed by atoms with van der Waals surface area (Å²) in [6.45, 7) is 12.5. The summed E-state index contributed by atoms with van der Waals surface area (Å²) < 4.78 is 7.38. The van der Waals surface area contributed by atoms with Gasteiger partial charge in [0.2, 0.25) is 0 Å². The molecule has 0 N–H and O–H groups in total. The number of unbranched alkanes of at least 4 members (excludes halogenated alkanes) is 7. The molecule has 0 aromatic rings. The summed E-state index contributed by atoms with van der Waals surface area (Å²) in [7, 11) is 8.84. The number of ketones is 1. The molecule has 0 unspecified atom stereocenters. The molecule has 2 fully saturated rings. The maximum atomic E-state index is 13.3. The van der Waals surface area contributed by atoms with E-state index in [0.717, 1.165) is 41.3 Å². The zero-order valence-electron chi connectivity index (χ0n) is 28.0. The maximum Gasteiger partial charge on any atom is 0.362 e. The average molecular weight is 565 g/mol. The normalized spacial score (nSPS) is 26.2. The number of nitrogens with zero attached hydrogens (tertiary/aromatic N) is 2. The number of hydrogen-bond donors (Lipinski definition) is 0. The summed E-state index contributed by atoms with van der Waals surface area (Å²) in [5.41, 5.74) is 0. The van der Waals surface area contributed by atoms with Gasteiger partial charge in [0.25, 0.3) is 0 Å². The lowest BCUT2D eigenvalue weighted by Gasteiger charge is -2.38. The second-order valence-electron chi connectivity index (χ2n) is 15.7. The van der Waals surface area contributed by atoms with Gasteiger partial charge in [-0.3, -0.25) is 4.79 Å². The highest BCUT2D eigenvalue weighted by Gasteiger charge is 2.37. The molecule has 5 nitrogen and oxygen atoms in total. The number of Topliss-reactive ketones (excluding diaryl/α,β-unsaturated/α-hetero) is 1. The van der Waals surface area contributed by atoms with Crippen LogP contribution >= 0.6 is 0 Å². The van der Waals surface area contributed by atoms with Crippen LogP contribution in [-0.2, 0) is 14.3 Å².